The lowest BCUT2D eigenvalue weighted by Gasteiger charge is -2.16. The van der Waals surface area contributed by atoms with E-state index in [2.05, 4.69) is 13.8 Å². The van der Waals surface area contributed by atoms with Crippen LogP contribution < -0.4 is 0 Å². The van der Waals surface area contributed by atoms with E-state index in [9.17, 15) is 9.59 Å². The number of aliphatic hydroxyl groups is 2. The van der Waals surface area contributed by atoms with E-state index in [1.165, 1.54) is 141 Å². The largest absolute Gasteiger partial charge is 0.481 e. The highest BCUT2D eigenvalue weighted by molar-refractivity contribution is 5.66. The number of carboxylic acid groups (broad SMARTS) is 2. The van der Waals surface area contributed by atoms with Crippen LogP contribution in [0.25, 0.3) is 0 Å². The standard InChI is InChI=1S/2C16H32O2.C5H12O2/c2*1-2-3-4-5-6-7-8-9-10-11-12-13-14-15-16(17)18;1-5(2,3-6)4-7/h2*2-15H2,1H3,(H,17,18);6-7H,3-4H2,1-2H3. The van der Waals surface area contributed by atoms with Crippen LogP contribution in [0, 0.1) is 5.41 Å². The second-order valence-electron chi connectivity index (χ2n) is 13.3. The lowest BCUT2D eigenvalue weighted by molar-refractivity contribution is -0.138. The van der Waals surface area contributed by atoms with Gasteiger partial charge in [-0.3, -0.25) is 9.59 Å². The summed E-state index contributed by atoms with van der Waals surface area (Å²) >= 11 is 0. The summed E-state index contributed by atoms with van der Waals surface area (Å²) in [5.74, 6) is -1.31. The van der Waals surface area contributed by atoms with Crippen molar-refractivity contribution in [3.05, 3.63) is 0 Å². The number of rotatable bonds is 30. The zero-order chi connectivity index (χ0) is 32.9. The maximum absolute atomic E-state index is 10.3. The van der Waals surface area contributed by atoms with Gasteiger partial charge in [0.1, 0.15) is 0 Å². The molecule has 0 aromatic heterocycles. The topological polar surface area (TPSA) is 115 Å². The summed E-state index contributed by atoms with van der Waals surface area (Å²) in [7, 11) is 0. The van der Waals surface area contributed by atoms with Crippen LogP contribution in [0.5, 0.6) is 0 Å². The summed E-state index contributed by atoms with van der Waals surface area (Å²) in [6.07, 6.45) is 34.5. The fourth-order valence-electron chi connectivity index (χ4n) is 4.64. The van der Waals surface area contributed by atoms with Crippen molar-refractivity contribution in [3.63, 3.8) is 0 Å². The van der Waals surface area contributed by atoms with Crippen LogP contribution in [-0.4, -0.2) is 45.6 Å². The van der Waals surface area contributed by atoms with E-state index in [1.807, 2.05) is 0 Å². The van der Waals surface area contributed by atoms with Crippen LogP contribution in [-0.2, 0) is 9.59 Å². The van der Waals surface area contributed by atoms with E-state index in [4.69, 9.17) is 20.4 Å². The zero-order valence-electron chi connectivity index (χ0n) is 29.3. The molecular weight excluding hydrogens is 540 g/mol. The van der Waals surface area contributed by atoms with Gasteiger partial charge in [-0.05, 0) is 12.8 Å². The smallest absolute Gasteiger partial charge is 0.303 e. The van der Waals surface area contributed by atoms with Crippen molar-refractivity contribution in [1.82, 2.24) is 0 Å². The summed E-state index contributed by atoms with van der Waals surface area (Å²) < 4.78 is 0. The Balaban J connectivity index is -0.000000611. The molecule has 0 amide bonds. The van der Waals surface area contributed by atoms with Crippen molar-refractivity contribution < 1.29 is 30.0 Å². The maximum Gasteiger partial charge on any atom is 0.303 e. The second-order valence-corrected chi connectivity index (χ2v) is 13.3. The van der Waals surface area contributed by atoms with Crippen LogP contribution in [0.15, 0.2) is 0 Å². The lowest BCUT2D eigenvalue weighted by Crippen LogP contribution is -2.20. The van der Waals surface area contributed by atoms with E-state index >= 15 is 0 Å². The third kappa shape index (κ3) is 50.8. The van der Waals surface area contributed by atoms with Crippen molar-refractivity contribution in [3.8, 4) is 0 Å². The molecule has 0 spiro atoms. The quantitative estimate of drug-likeness (QED) is 0.0597. The molecule has 0 bridgehead atoms. The molecule has 0 rings (SSSR count). The lowest BCUT2D eigenvalue weighted by atomic mass is 9.97. The van der Waals surface area contributed by atoms with E-state index in [1.54, 1.807) is 13.8 Å². The molecular formula is C37H76O6. The van der Waals surface area contributed by atoms with Gasteiger partial charge >= 0.3 is 11.9 Å². The van der Waals surface area contributed by atoms with Gasteiger partial charge in [0.2, 0.25) is 0 Å². The van der Waals surface area contributed by atoms with Crippen LogP contribution in [0.3, 0.4) is 0 Å². The van der Waals surface area contributed by atoms with Gasteiger partial charge < -0.3 is 20.4 Å². The zero-order valence-corrected chi connectivity index (χ0v) is 29.3. The molecule has 0 saturated carbocycles. The molecule has 0 heterocycles. The van der Waals surface area contributed by atoms with E-state index in [0.29, 0.717) is 12.8 Å². The predicted octanol–water partition coefficient (Wildman–Crippen LogP) is 11.1. The monoisotopic (exact) mass is 617 g/mol. The van der Waals surface area contributed by atoms with Gasteiger partial charge in [-0.1, -0.05) is 182 Å². The van der Waals surface area contributed by atoms with Gasteiger partial charge in [-0.25, -0.2) is 0 Å². The van der Waals surface area contributed by atoms with Gasteiger partial charge in [0.05, 0.1) is 13.2 Å². The van der Waals surface area contributed by atoms with E-state index < -0.39 is 11.9 Å². The molecule has 260 valence electrons. The first kappa shape index (κ1) is 46.3. The molecule has 0 saturated heterocycles. The highest BCUT2D eigenvalue weighted by Gasteiger charge is 2.13. The van der Waals surface area contributed by atoms with Crippen LogP contribution >= 0.6 is 0 Å². The number of aliphatic hydroxyl groups excluding tert-OH is 2. The predicted molar refractivity (Wildman–Crippen MR) is 184 cm³/mol. The van der Waals surface area contributed by atoms with Crippen molar-refractivity contribution in [2.45, 2.75) is 207 Å². The van der Waals surface area contributed by atoms with Gasteiger partial charge in [0.15, 0.2) is 0 Å². The van der Waals surface area contributed by atoms with Crippen LogP contribution in [0.1, 0.15) is 207 Å². The van der Waals surface area contributed by atoms with Crippen molar-refractivity contribution in [2.24, 2.45) is 5.41 Å². The summed E-state index contributed by atoms with van der Waals surface area (Å²) in [5.41, 5.74) is -0.306. The Kier molecular flexibility index (Phi) is 41.9. The summed E-state index contributed by atoms with van der Waals surface area (Å²) in [5, 5.41) is 33.8. The fourth-order valence-corrected chi connectivity index (χ4v) is 4.64. The summed E-state index contributed by atoms with van der Waals surface area (Å²) in [4.78, 5) is 20.6. The minimum Gasteiger partial charge on any atom is -0.481 e. The minimum absolute atomic E-state index is 0.0451. The average molecular weight is 617 g/mol. The first-order valence-corrected chi connectivity index (χ1v) is 18.3. The number of carbonyl (C=O) groups is 2. The highest BCUT2D eigenvalue weighted by atomic mass is 16.4. The third-order valence-corrected chi connectivity index (χ3v) is 7.84. The molecule has 6 heteroatoms. The maximum atomic E-state index is 10.3. The Bertz CT molecular complexity index is 503. The Morgan fingerprint density at radius 2 is 0.581 bits per heavy atom. The minimum atomic E-state index is -0.655. The molecule has 0 aliphatic rings. The Labute approximate surface area is 267 Å². The SMILES string of the molecule is CC(C)(CO)CO.CCCCCCCCCCCCCCCC(=O)O.CCCCCCCCCCCCCCCC(=O)O. The normalized spacial score (nSPS) is 10.9. The average Bonchev–Trinajstić information content (AvgIpc) is 2.98. The molecule has 0 atom stereocenters. The number of unbranched alkanes of at least 4 members (excludes halogenated alkanes) is 24. The number of aliphatic carboxylic acids is 2. The van der Waals surface area contributed by atoms with Crippen molar-refractivity contribution in [2.75, 3.05) is 13.2 Å². The molecule has 43 heavy (non-hydrogen) atoms. The number of hydrogen-bond donors (Lipinski definition) is 4. The van der Waals surface area contributed by atoms with Gasteiger partial charge in [-0.15, -0.1) is 0 Å². The van der Waals surface area contributed by atoms with E-state index in [0.717, 1.165) is 25.7 Å². The molecule has 0 radical (unpaired) electrons. The molecule has 0 aliphatic heterocycles. The number of carboxylic acids is 2. The van der Waals surface area contributed by atoms with E-state index in [-0.39, 0.29) is 18.6 Å². The van der Waals surface area contributed by atoms with Crippen LogP contribution in [0.2, 0.25) is 0 Å². The summed E-state index contributed by atoms with van der Waals surface area (Å²) in [6, 6.07) is 0. The van der Waals surface area contributed by atoms with Gasteiger partial charge in [0.25, 0.3) is 0 Å². The molecule has 0 aliphatic carbocycles. The molecule has 0 fully saturated rings. The van der Waals surface area contributed by atoms with Gasteiger partial charge in [-0.2, -0.15) is 0 Å². The molecule has 0 aromatic rings. The third-order valence-electron chi connectivity index (χ3n) is 7.84. The number of hydrogen-bond acceptors (Lipinski definition) is 4. The van der Waals surface area contributed by atoms with Crippen molar-refractivity contribution in [1.29, 1.82) is 0 Å². The molecule has 0 unspecified atom stereocenters. The summed E-state index contributed by atoms with van der Waals surface area (Å²) in [6.45, 7) is 8.21. The first-order chi connectivity index (χ1) is 20.7. The van der Waals surface area contributed by atoms with Gasteiger partial charge in [0, 0.05) is 18.3 Å². The fraction of sp³-hybridized carbons (Fsp3) is 0.946. The molecule has 6 nitrogen and oxygen atoms in total. The second kappa shape index (κ2) is 38.9. The Morgan fingerprint density at radius 3 is 0.721 bits per heavy atom. The molecule has 4 N–H and O–H groups in total. The Morgan fingerprint density at radius 1 is 0.395 bits per heavy atom. The molecule has 0 aromatic carbocycles. The Hall–Kier alpha value is -1.14. The first-order valence-electron chi connectivity index (χ1n) is 18.3. The van der Waals surface area contributed by atoms with Crippen molar-refractivity contribution >= 4 is 11.9 Å². The highest BCUT2D eigenvalue weighted by Crippen LogP contribution is 2.14. The van der Waals surface area contributed by atoms with Crippen LogP contribution in [0.4, 0.5) is 0 Å².